The standard InChI is InChI=1S/C17H23FN2O2.ClH/c1-2-17(8-3-9-19-17)16(21)20-10-11-22-15(12-20)13-4-6-14(18)7-5-13;/h4-7,15,19H,2-3,8-12H2,1H3;1H. The van der Waals surface area contributed by atoms with Crippen LogP contribution in [0.2, 0.25) is 0 Å². The van der Waals surface area contributed by atoms with Gasteiger partial charge in [0.25, 0.3) is 0 Å². The van der Waals surface area contributed by atoms with Crippen LogP contribution in [0.4, 0.5) is 4.39 Å². The minimum atomic E-state index is -0.398. The maximum absolute atomic E-state index is 13.0. The minimum Gasteiger partial charge on any atom is -0.370 e. The molecule has 2 unspecified atom stereocenters. The van der Waals surface area contributed by atoms with Gasteiger partial charge in [0.05, 0.1) is 18.7 Å². The second kappa shape index (κ2) is 7.60. The van der Waals surface area contributed by atoms with E-state index in [2.05, 4.69) is 12.2 Å². The third-order valence-electron chi connectivity index (χ3n) is 4.85. The Hall–Kier alpha value is -1.17. The van der Waals surface area contributed by atoms with Crippen LogP contribution >= 0.6 is 12.4 Å². The number of carbonyl (C=O) groups is 1. The van der Waals surface area contributed by atoms with Gasteiger partial charge in [0.15, 0.2) is 0 Å². The molecular formula is C17H24ClFN2O2. The van der Waals surface area contributed by atoms with Crippen LogP contribution < -0.4 is 5.32 Å². The zero-order valence-electron chi connectivity index (χ0n) is 13.4. The maximum Gasteiger partial charge on any atom is 0.243 e. The predicted octanol–water partition coefficient (Wildman–Crippen LogP) is 2.68. The Morgan fingerprint density at radius 2 is 2.17 bits per heavy atom. The summed E-state index contributed by atoms with van der Waals surface area (Å²) in [4.78, 5) is 14.8. The third kappa shape index (κ3) is 3.67. The highest BCUT2D eigenvalue weighted by Gasteiger charge is 2.42. The van der Waals surface area contributed by atoms with E-state index in [-0.39, 0.29) is 30.2 Å². The number of morpholine rings is 1. The largest absolute Gasteiger partial charge is 0.370 e. The molecule has 3 rings (SSSR count). The van der Waals surface area contributed by atoms with Crippen LogP contribution in [0.1, 0.15) is 37.9 Å². The van der Waals surface area contributed by atoms with Gasteiger partial charge >= 0.3 is 0 Å². The van der Waals surface area contributed by atoms with E-state index in [0.29, 0.717) is 19.7 Å². The van der Waals surface area contributed by atoms with Crippen LogP contribution in [0, 0.1) is 5.82 Å². The van der Waals surface area contributed by atoms with Crippen molar-refractivity contribution in [2.75, 3.05) is 26.2 Å². The van der Waals surface area contributed by atoms with Gasteiger partial charge in [-0.05, 0) is 43.5 Å². The molecule has 1 amide bonds. The zero-order chi connectivity index (χ0) is 15.6. The van der Waals surface area contributed by atoms with E-state index < -0.39 is 5.54 Å². The molecule has 2 heterocycles. The normalized spacial score (nSPS) is 27.6. The summed E-state index contributed by atoms with van der Waals surface area (Å²) in [5, 5.41) is 3.40. The van der Waals surface area contributed by atoms with E-state index in [9.17, 15) is 9.18 Å². The summed E-state index contributed by atoms with van der Waals surface area (Å²) in [5.41, 5.74) is 0.522. The van der Waals surface area contributed by atoms with Crippen LogP contribution in [-0.4, -0.2) is 42.6 Å². The zero-order valence-corrected chi connectivity index (χ0v) is 14.2. The van der Waals surface area contributed by atoms with E-state index in [1.165, 1.54) is 12.1 Å². The van der Waals surface area contributed by atoms with Crippen molar-refractivity contribution in [3.63, 3.8) is 0 Å². The lowest BCUT2D eigenvalue weighted by Crippen LogP contribution is -2.57. The quantitative estimate of drug-likeness (QED) is 0.918. The molecule has 6 heteroatoms. The van der Waals surface area contributed by atoms with Gasteiger partial charge in [-0.25, -0.2) is 4.39 Å². The van der Waals surface area contributed by atoms with Crippen LogP contribution in [0.15, 0.2) is 24.3 Å². The number of halogens is 2. The number of nitrogens with zero attached hydrogens (tertiary/aromatic N) is 1. The SMILES string of the molecule is CCC1(C(=O)N2CCOC(c3ccc(F)cc3)C2)CCCN1.Cl. The highest BCUT2D eigenvalue weighted by atomic mass is 35.5. The predicted molar refractivity (Wildman–Crippen MR) is 89.2 cm³/mol. The Balaban J connectivity index is 0.00000192. The van der Waals surface area contributed by atoms with E-state index in [0.717, 1.165) is 31.4 Å². The Kier molecular flexibility index (Phi) is 6.00. The fraction of sp³-hybridized carbons (Fsp3) is 0.588. The van der Waals surface area contributed by atoms with Crippen LogP contribution in [0.25, 0.3) is 0 Å². The minimum absolute atomic E-state index is 0. The van der Waals surface area contributed by atoms with Crippen molar-refractivity contribution in [3.8, 4) is 0 Å². The van der Waals surface area contributed by atoms with E-state index in [1.807, 2.05) is 4.90 Å². The molecule has 0 bridgehead atoms. The molecule has 0 aliphatic carbocycles. The first-order valence-electron chi connectivity index (χ1n) is 8.06. The second-order valence-corrected chi connectivity index (χ2v) is 6.13. The number of ether oxygens (including phenoxy) is 1. The van der Waals surface area contributed by atoms with Gasteiger partial charge in [-0.3, -0.25) is 4.79 Å². The van der Waals surface area contributed by atoms with Crippen LogP contribution in [-0.2, 0) is 9.53 Å². The van der Waals surface area contributed by atoms with Gasteiger partial charge in [-0.15, -0.1) is 12.4 Å². The summed E-state index contributed by atoms with van der Waals surface area (Å²) < 4.78 is 18.8. The van der Waals surface area contributed by atoms with Gasteiger partial charge < -0.3 is 15.0 Å². The maximum atomic E-state index is 13.0. The molecule has 2 atom stereocenters. The van der Waals surface area contributed by atoms with Crippen molar-refractivity contribution in [2.45, 2.75) is 37.8 Å². The average Bonchev–Trinajstić information content (AvgIpc) is 3.05. The van der Waals surface area contributed by atoms with Gasteiger partial charge in [0.1, 0.15) is 11.9 Å². The Morgan fingerprint density at radius 1 is 1.43 bits per heavy atom. The lowest BCUT2D eigenvalue weighted by atomic mass is 9.92. The number of nitrogens with one attached hydrogen (secondary N) is 1. The number of hydrogen-bond donors (Lipinski definition) is 1. The van der Waals surface area contributed by atoms with E-state index in [4.69, 9.17) is 4.74 Å². The lowest BCUT2D eigenvalue weighted by molar-refractivity contribution is -0.145. The molecular weight excluding hydrogens is 319 g/mol. The molecule has 0 spiro atoms. The summed E-state index contributed by atoms with van der Waals surface area (Å²) in [6.45, 7) is 4.65. The van der Waals surface area contributed by atoms with Crippen molar-refractivity contribution in [2.24, 2.45) is 0 Å². The number of benzene rings is 1. The number of rotatable bonds is 3. The summed E-state index contributed by atoms with van der Waals surface area (Å²) >= 11 is 0. The van der Waals surface area contributed by atoms with Crippen molar-refractivity contribution in [3.05, 3.63) is 35.6 Å². The summed E-state index contributed by atoms with van der Waals surface area (Å²) in [6, 6.07) is 6.34. The van der Waals surface area contributed by atoms with Crippen LogP contribution in [0.5, 0.6) is 0 Å². The van der Waals surface area contributed by atoms with Crippen LogP contribution in [0.3, 0.4) is 0 Å². The highest BCUT2D eigenvalue weighted by Crippen LogP contribution is 2.29. The molecule has 23 heavy (non-hydrogen) atoms. The average molecular weight is 343 g/mol. The number of carbonyl (C=O) groups excluding carboxylic acids is 1. The first kappa shape index (κ1) is 18.2. The number of hydrogen-bond acceptors (Lipinski definition) is 3. The molecule has 2 saturated heterocycles. The molecule has 2 aliphatic rings. The van der Waals surface area contributed by atoms with Crippen molar-refractivity contribution in [1.82, 2.24) is 10.2 Å². The van der Waals surface area contributed by atoms with Crippen molar-refractivity contribution >= 4 is 18.3 Å². The second-order valence-electron chi connectivity index (χ2n) is 6.13. The van der Waals surface area contributed by atoms with Gasteiger partial charge in [0.2, 0.25) is 5.91 Å². The fourth-order valence-corrected chi connectivity index (χ4v) is 3.46. The first-order valence-corrected chi connectivity index (χ1v) is 8.06. The van der Waals surface area contributed by atoms with Crippen molar-refractivity contribution < 1.29 is 13.9 Å². The lowest BCUT2D eigenvalue weighted by Gasteiger charge is -2.39. The fourth-order valence-electron chi connectivity index (χ4n) is 3.46. The molecule has 1 aromatic rings. The molecule has 1 N–H and O–H groups in total. The van der Waals surface area contributed by atoms with Gasteiger partial charge in [-0.1, -0.05) is 19.1 Å². The topological polar surface area (TPSA) is 41.6 Å². The third-order valence-corrected chi connectivity index (χ3v) is 4.85. The Bertz CT molecular complexity index is 532. The number of amides is 1. The smallest absolute Gasteiger partial charge is 0.243 e. The van der Waals surface area contributed by atoms with E-state index >= 15 is 0 Å². The molecule has 1 aromatic carbocycles. The Morgan fingerprint density at radius 3 is 2.78 bits per heavy atom. The molecule has 128 valence electrons. The molecule has 4 nitrogen and oxygen atoms in total. The van der Waals surface area contributed by atoms with Crippen molar-refractivity contribution in [1.29, 1.82) is 0 Å². The van der Waals surface area contributed by atoms with E-state index in [1.54, 1.807) is 12.1 Å². The highest BCUT2D eigenvalue weighted by molar-refractivity contribution is 5.87. The summed E-state index contributed by atoms with van der Waals surface area (Å²) in [5.74, 6) is -0.0736. The van der Waals surface area contributed by atoms with Gasteiger partial charge in [0, 0.05) is 6.54 Å². The first-order chi connectivity index (χ1) is 10.6. The summed E-state index contributed by atoms with van der Waals surface area (Å²) in [6.07, 6.45) is 2.59. The molecule has 2 aliphatic heterocycles. The Labute approximate surface area is 142 Å². The monoisotopic (exact) mass is 342 g/mol. The molecule has 0 saturated carbocycles. The van der Waals surface area contributed by atoms with Gasteiger partial charge in [-0.2, -0.15) is 0 Å². The molecule has 2 fully saturated rings. The summed E-state index contributed by atoms with van der Waals surface area (Å²) in [7, 11) is 0. The molecule has 0 aromatic heterocycles. The molecule has 0 radical (unpaired) electrons.